The van der Waals surface area contributed by atoms with Crippen LogP contribution in [0.3, 0.4) is 0 Å². The maximum atomic E-state index is 12.3. The minimum Gasteiger partial charge on any atom is -0.462 e. The molecular formula is C39H69O8P. The highest BCUT2D eigenvalue weighted by Gasteiger charge is 2.22. The smallest absolute Gasteiger partial charge is 0.462 e. The fourth-order valence-electron chi connectivity index (χ4n) is 4.97. The van der Waals surface area contributed by atoms with Crippen molar-refractivity contribution < 1.29 is 37.9 Å². The van der Waals surface area contributed by atoms with Crippen LogP contribution in [-0.2, 0) is 28.2 Å². The first-order valence-electron chi connectivity index (χ1n) is 18.9. The molecule has 8 nitrogen and oxygen atoms in total. The number of phosphoric ester groups is 1. The molecule has 0 fully saturated rings. The molecule has 278 valence electrons. The van der Waals surface area contributed by atoms with Crippen LogP contribution in [0.2, 0.25) is 0 Å². The highest BCUT2D eigenvalue weighted by atomic mass is 31.2. The molecule has 0 heterocycles. The maximum absolute atomic E-state index is 12.3. The molecule has 0 radical (unpaired) electrons. The molecular weight excluding hydrogens is 627 g/mol. The molecule has 0 aromatic rings. The average molecular weight is 697 g/mol. The summed E-state index contributed by atoms with van der Waals surface area (Å²) in [4.78, 5) is 42.6. The van der Waals surface area contributed by atoms with E-state index in [0.717, 1.165) is 51.4 Å². The Hall–Kier alpha value is -1.99. The number of hydrogen-bond donors (Lipinski definition) is 2. The van der Waals surface area contributed by atoms with Crippen molar-refractivity contribution in [3.05, 3.63) is 48.6 Å². The van der Waals surface area contributed by atoms with E-state index in [1.807, 2.05) is 6.08 Å². The van der Waals surface area contributed by atoms with Gasteiger partial charge in [0.1, 0.15) is 6.61 Å². The summed E-state index contributed by atoms with van der Waals surface area (Å²) in [6.45, 7) is 3.60. The summed E-state index contributed by atoms with van der Waals surface area (Å²) in [7, 11) is -4.76. The molecule has 9 heteroatoms. The maximum Gasteiger partial charge on any atom is 0.469 e. The zero-order valence-electron chi connectivity index (χ0n) is 30.4. The van der Waals surface area contributed by atoms with Crippen LogP contribution in [0.4, 0.5) is 0 Å². The van der Waals surface area contributed by atoms with Gasteiger partial charge in [0.05, 0.1) is 6.61 Å². The third-order valence-corrected chi connectivity index (χ3v) is 8.31. The molecule has 0 unspecified atom stereocenters. The Kier molecular flexibility index (Phi) is 33.4. The van der Waals surface area contributed by atoms with Crippen LogP contribution >= 0.6 is 7.82 Å². The van der Waals surface area contributed by atoms with Crippen LogP contribution in [0.5, 0.6) is 0 Å². The van der Waals surface area contributed by atoms with Crippen LogP contribution in [0.25, 0.3) is 0 Å². The van der Waals surface area contributed by atoms with Crippen molar-refractivity contribution >= 4 is 19.8 Å². The van der Waals surface area contributed by atoms with Gasteiger partial charge >= 0.3 is 19.8 Å². The molecule has 0 saturated heterocycles. The molecule has 2 N–H and O–H groups in total. The average Bonchev–Trinajstić information content (AvgIpc) is 3.05. The highest BCUT2D eigenvalue weighted by Crippen LogP contribution is 2.35. The van der Waals surface area contributed by atoms with Crippen LogP contribution in [-0.4, -0.2) is 41.0 Å². The summed E-state index contributed by atoms with van der Waals surface area (Å²) in [5.41, 5.74) is 0. The number of esters is 2. The van der Waals surface area contributed by atoms with Crippen LogP contribution < -0.4 is 0 Å². The van der Waals surface area contributed by atoms with E-state index < -0.39 is 32.5 Å². The highest BCUT2D eigenvalue weighted by molar-refractivity contribution is 7.46. The molecule has 0 rings (SSSR count). The molecule has 0 aromatic heterocycles. The summed E-state index contributed by atoms with van der Waals surface area (Å²) >= 11 is 0. The van der Waals surface area contributed by atoms with Gasteiger partial charge in [-0.05, 0) is 70.6 Å². The number of carbonyl (C=O) groups is 2. The summed E-state index contributed by atoms with van der Waals surface area (Å²) < 4.78 is 26.2. The lowest BCUT2D eigenvalue weighted by Gasteiger charge is -2.18. The van der Waals surface area contributed by atoms with Crippen molar-refractivity contribution in [1.29, 1.82) is 0 Å². The molecule has 0 aliphatic heterocycles. The minimum atomic E-state index is -4.76. The van der Waals surface area contributed by atoms with E-state index in [2.05, 4.69) is 60.9 Å². The van der Waals surface area contributed by atoms with E-state index in [9.17, 15) is 14.2 Å². The first-order valence-corrected chi connectivity index (χ1v) is 20.5. The van der Waals surface area contributed by atoms with E-state index in [1.54, 1.807) is 0 Å². The SMILES string of the molecule is CCCCCC/C=C\CCCCCCCC(=O)OC[C@H](COP(=O)(O)O)OC(=O)CCC/C=C\C/C=C\C/C=C\CCCCCCCC. The minimum absolute atomic E-state index is 0.138. The fourth-order valence-corrected chi connectivity index (χ4v) is 5.33. The Morgan fingerprint density at radius 3 is 1.50 bits per heavy atom. The second-order valence-electron chi connectivity index (χ2n) is 12.5. The van der Waals surface area contributed by atoms with Gasteiger partial charge in [-0.2, -0.15) is 0 Å². The third-order valence-electron chi connectivity index (χ3n) is 7.82. The Morgan fingerprint density at radius 1 is 0.542 bits per heavy atom. The Bertz CT molecular complexity index is 921. The number of hydrogen-bond acceptors (Lipinski definition) is 6. The molecule has 0 bridgehead atoms. The summed E-state index contributed by atoms with van der Waals surface area (Å²) in [6.07, 6.45) is 41.2. The van der Waals surface area contributed by atoms with Crippen LogP contribution in [0, 0.1) is 0 Å². The normalized spacial score (nSPS) is 13.0. The third kappa shape index (κ3) is 36.8. The number of ether oxygens (including phenoxy) is 2. The van der Waals surface area contributed by atoms with Gasteiger partial charge in [-0.25, -0.2) is 4.57 Å². The zero-order chi connectivity index (χ0) is 35.4. The van der Waals surface area contributed by atoms with Crippen molar-refractivity contribution in [3.8, 4) is 0 Å². The van der Waals surface area contributed by atoms with Gasteiger partial charge in [-0.3, -0.25) is 14.1 Å². The Labute approximate surface area is 293 Å². The molecule has 48 heavy (non-hydrogen) atoms. The van der Waals surface area contributed by atoms with Crippen LogP contribution in [0.1, 0.15) is 168 Å². The van der Waals surface area contributed by atoms with Gasteiger partial charge in [0.15, 0.2) is 6.10 Å². The van der Waals surface area contributed by atoms with Gasteiger partial charge in [-0.15, -0.1) is 0 Å². The topological polar surface area (TPSA) is 119 Å². The van der Waals surface area contributed by atoms with E-state index >= 15 is 0 Å². The number of allylic oxidation sites excluding steroid dienone is 8. The lowest BCUT2D eigenvalue weighted by molar-refractivity contribution is -0.161. The van der Waals surface area contributed by atoms with E-state index in [0.29, 0.717) is 19.3 Å². The van der Waals surface area contributed by atoms with Crippen molar-refractivity contribution in [2.45, 2.75) is 174 Å². The standard InChI is InChI=1S/C39H69O8P/c1-3-5-7-9-11-13-15-17-18-19-20-22-24-26-28-30-32-34-39(41)47-37(36-46-48(42,43)44)35-45-38(40)33-31-29-27-25-23-21-16-14-12-10-8-6-4-2/h14,16-18,20,22,26,28,37H,3-13,15,19,21,23-25,27,29-36H2,1-2H3,(H2,42,43,44)/b16-14-,18-17-,22-20-,28-26-/t37-/m1/s1. The van der Waals surface area contributed by atoms with Crippen molar-refractivity contribution in [2.75, 3.05) is 13.2 Å². The number of phosphoric acid groups is 1. The number of carbonyl (C=O) groups excluding carboxylic acids is 2. The van der Waals surface area contributed by atoms with Gasteiger partial charge in [-0.1, -0.05) is 133 Å². The molecule has 1 atom stereocenters. The quantitative estimate of drug-likeness (QED) is 0.0295. The molecule has 0 aromatic carbocycles. The van der Waals surface area contributed by atoms with Gasteiger partial charge < -0.3 is 19.3 Å². The van der Waals surface area contributed by atoms with Gasteiger partial charge in [0.25, 0.3) is 0 Å². The molecule has 0 spiro atoms. The molecule has 0 saturated carbocycles. The van der Waals surface area contributed by atoms with E-state index in [1.165, 1.54) is 70.6 Å². The van der Waals surface area contributed by atoms with E-state index in [4.69, 9.17) is 19.3 Å². The largest absolute Gasteiger partial charge is 0.469 e. The summed E-state index contributed by atoms with van der Waals surface area (Å²) in [5, 5.41) is 0. The monoisotopic (exact) mass is 696 g/mol. The van der Waals surface area contributed by atoms with Gasteiger partial charge in [0.2, 0.25) is 0 Å². The summed E-state index contributed by atoms with van der Waals surface area (Å²) in [6, 6.07) is 0. The fraction of sp³-hybridized carbons (Fsp3) is 0.744. The Balaban J connectivity index is 4.08. The molecule has 0 amide bonds. The van der Waals surface area contributed by atoms with Gasteiger partial charge in [0, 0.05) is 12.8 Å². The first kappa shape index (κ1) is 46.0. The van der Waals surface area contributed by atoms with Crippen molar-refractivity contribution in [1.82, 2.24) is 0 Å². The predicted octanol–water partition coefficient (Wildman–Crippen LogP) is 11.2. The first-order chi connectivity index (χ1) is 23.3. The van der Waals surface area contributed by atoms with Crippen LogP contribution in [0.15, 0.2) is 48.6 Å². The number of rotatable bonds is 34. The lowest BCUT2D eigenvalue weighted by Crippen LogP contribution is -2.29. The van der Waals surface area contributed by atoms with Crippen molar-refractivity contribution in [3.63, 3.8) is 0 Å². The summed E-state index contributed by atoms with van der Waals surface area (Å²) in [5.74, 6) is -0.959. The van der Waals surface area contributed by atoms with E-state index in [-0.39, 0.29) is 19.4 Å². The second-order valence-corrected chi connectivity index (χ2v) is 13.8. The zero-order valence-corrected chi connectivity index (χ0v) is 31.3. The lowest BCUT2D eigenvalue weighted by atomic mass is 10.1. The second kappa shape index (κ2) is 34.9. The molecule has 0 aliphatic carbocycles. The number of unbranched alkanes of at least 4 members (excludes halogenated alkanes) is 16. The van der Waals surface area contributed by atoms with Crippen molar-refractivity contribution in [2.24, 2.45) is 0 Å². The molecule has 0 aliphatic rings. The predicted molar refractivity (Wildman–Crippen MR) is 198 cm³/mol. The Morgan fingerprint density at radius 2 is 0.958 bits per heavy atom.